The summed E-state index contributed by atoms with van der Waals surface area (Å²) in [7, 11) is 0. The number of carbonyl (C=O) groups is 1. The number of aliphatic hydroxyl groups excluding tert-OH is 1. The van der Waals surface area contributed by atoms with E-state index in [2.05, 4.69) is 62.4 Å². The zero-order valence-electron chi connectivity index (χ0n) is 15.3. The summed E-state index contributed by atoms with van der Waals surface area (Å²) in [5.41, 5.74) is 5.46. The van der Waals surface area contributed by atoms with Gasteiger partial charge in [0.05, 0.1) is 11.3 Å². The van der Waals surface area contributed by atoms with Crippen LogP contribution < -0.4 is 0 Å². The molecule has 0 spiro atoms. The van der Waals surface area contributed by atoms with E-state index in [0.29, 0.717) is 0 Å². The summed E-state index contributed by atoms with van der Waals surface area (Å²) in [4.78, 5) is 14.7. The molecule has 0 fully saturated rings. The second-order valence-corrected chi connectivity index (χ2v) is 6.04. The van der Waals surface area contributed by atoms with Gasteiger partial charge in [-0.2, -0.15) is 0 Å². The number of aliphatic hydroxyl groups is 1. The number of hydrogen-bond donors (Lipinski definition) is 1. The van der Waals surface area contributed by atoms with Gasteiger partial charge >= 0.3 is 0 Å². The van der Waals surface area contributed by atoms with E-state index < -0.39 is 0 Å². The first-order chi connectivity index (χ1) is 11.8. The van der Waals surface area contributed by atoms with Gasteiger partial charge in [0.25, 0.3) is 0 Å². The predicted molar refractivity (Wildman–Crippen MR) is 103 cm³/mol. The Labute approximate surface area is 168 Å². The fourth-order valence-electron chi connectivity index (χ4n) is 2.41. The minimum Gasteiger partial charge on any atom is -0.512 e. The first-order valence-electron chi connectivity index (χ1n) is 8.10. The van der Waals surface area contributed by atoms with Gasteiger partial charge in [-0.3, -0.25) is 9.78 Å². The first-order valence-corrected chi connectivity index (χ1v) is 8.10. The van der Waals surface area contributed by atoms with E-state index in [0.717, 1.165) is 22.3 Å². The quantitative estimate of drug-likeness (QED) is 0.279. The molecule has 26 heavy (non-hydrogen) atoms. The molecule has 3 aromatic rings. The SMILES string of the molecule is CC(=O)/C=C(/C)O.Cc1[c-]c(-c2ccc3ccc(C)cc3n2)ccc1.[Ir]. The number of rotatable bonds is 2. The molecule has 1 N–H and O–H groups in total. The van der Waals surface area contributed by atoms with E-state index >= 15 is 0 Å². The summed E-state index contributed by atoms with van der Waals surface area (Å²) in [6.45, 7) is 6.99. The zero-order valence-corrected chi connectivity index (χ0v) is 17.7. The van der Waals surface area contributed by atoms with Crippen molar-refractivity contribution < 1.29 is 30.0 Å². The van der Waals surface area contributed by atoms with Crippen molar-refractivity contribution in [2.45, 2.75) is 27.7 Å². The van der Waals surface area contributed by atoms with Crippen molar-refractivity contribution in [1.82, 2.24) is 4.98 Å². The maximum atomic E-state index is 10.0. The van der Waals surface area contributed by atoms with Crippen molar-refractivity contribution in [1.29, 1.82) is 0 Å². The van der Waals surface area contributed by atoms with Gasteiger partial charge in [-0.1, -0.05) is 31.2 Å². The molecule has 1 heterocycles. The van der Waals surface area contributed by atoms with Crippen LogP contribution >= 0.6 is 0 Å². The molecular formula is C22H22IrNO2-. The molecule has 0 bridgehead atoms. The van der Waals surface area contributed by atoms with Crippen LogP contribution in [0.2, 0.25) is 0 Å². The molecule has 0 aliphatic carbocycles. The van der Waals surface area contributed by atoms with Crippen molar-refractivity contribution in [3.05, 3.63) is 77.6 Å². The molecule has 3 rings (SSSR count). The third-order valence-corrected chi connectivity index (χ3v) is 3.48. The fraction of sp³-hybridized carbons (Fsp3) is 0.182. The number of aromatic nitrogens is 1. The van der Waals surface area contributed by atoms with Gasteiger partial charge in [0.15, 0.2) is 5.78 Å². The van der Waals surface area contributed by atoms with Gasteiger partial charge in [-0.05, 0) is 43.5 Å². The Morgan fingerprint density at radius 1 is 1.08 bits per heavy atom. The average Bonchev–Trinajstić information content (AvgIpc) is 2.53. The first kappa shape index (κ1) is 21.8. The van der Waals surface area contributed by atoms with Crippen LogP contribution in [0.25, 0.3) is 22.2 Å². The summed E-state index contributed by atoms with van der Waals surface area (Å²) >= 11 is 0. The third-order valence-electron chi connectivity index (χ3n) is 3.48. The molecule has 0 saturated carbocycles. The Hall–Kier alpha value is -2.29. The van der Waals surface area contributed by atoms with E-state index in [9.17, 15) is 4.79 Å². The van der Waals surface area contributed by atoms with Gasteiger partial charge in [0.1, 0.15) is 0 Å². The fourth-order valence-corrected chi connectivity index (χ4v) is 2.41. The van der Waals surface area contributed by atoms with Crippen molar-refractivity contribution in [2.24, 2.45) is 0 Å². The van der Waals surface area contributed by atoms with Crippen molar-refractivity contribution in [2.75, 3.05) is 0 Å². The van der Waals surface area contributed by atoms with Crippen molar-refractivity contribution in [3.8, 4) is 11.3 Å². The number of aryl methyl sites for hydroxylation is 2. The Balaban J connectivity index is 0.000000366. The molecular weight excluding hydrogens is 502 g/mol. The van der Waals surface area contributed by atoms with Crippen molar-refractivity contribution >= 4 is 16.7 Å². The number of nitrogens with zero attached hydrogens (tertiary/aromatic N) is 1. The zero-order chi connectivity index (χ0) is 18.4. The predicted octanol–water partition coefficient (Wildman–Crippen LogP) is 5.35. The summed E-state index contributed by atoms with van der Waals surface area (Å²) in [5.74, 6) is -0.0625. The van der Waals surface area contributed by atoms with Gasteiger partial charge in [0, 0.05) is 26.2 Å². The van der Waals surface area contributed by atoms with Crippen LogP contribution in [0.15, 0.2) is 60.4 Å². The van der Waals surface area contributed by atoms with E-state index in [4.69, 9.17) is 10.1 Å². The third kappa shape index (κ3) is 6.55. The second kappa shape index (κ2) is 10.0. The van der Waals surface area contributed by atoms with Gasteiger partial charge in [-0.15, -0.1) is 35.4 Å². The molecule has 0 amide bonds. The molecule has 4 heteroatoms. The van der Waals surface area contributed by atoms with E-state index in [1.807, 2.05) is 6.07 Å². The topological polar surface area (TPSA) is 50.2 Å². The maximum Gasteiger partial charge on any atom is 0.155 e. The van der Waals surface area contributed by atoms with Crippen LogP contribution in [0.1, 0.15) is 25.0 Å². The normalized spacial score (nSPS) is 10.5. The number of carbonyl (C=O) groups excluding carboxylic acids is 1. The van der Waals surface area contributed by atoms with Crippen molar-refractivity contribution in [3.63, 3.8) is 0 Å². The van der Waals surface area contributed by atoms with E-state index in [1.165, 1.54) is 30.9 Å². The number of ketones is 1. The van der Waals surface area contributed by atoms with Crippen LogP contribution in [-0.2, 0) is 24.9 Å². The standard InChI is InChI=1S/C17H14N.C5H8O2.Ir/c1-12-4-3-5-15(10-12)16-9-8-14-7-6-13(2)11-17(14)18-16;1-4(6)3-5(2)7;/h3-9,11H,1-2H3;3,6H,1-2H3;/q-1;;/b;4-3-;. The van der Waals surface area contributed by atoms with Gasteiger partial charge in [-0.25, -0.2) is 0 Å². The van der Waals surface area contributed by atoms with E-state index in [1.54, 1.807) is 0 Å². The van der Waals surface area contributed by atoms with Crippen LogP contribution in [0, 0.1) is 19.9 Å². The Bertz CT molecular complexity index is 928. The molecule has 3 nitrogen and oxygen atoms in total. The van der Waals surface area contributed by atoms with E-state index in [-0.39, 0.29) is 31.6 Å². The Morgan fingerprint density at radius 3 is 2.35 bits per heavy atom. The number of pyridine rings is 1. The second-order valence-electron chi connectivity index (χ2n) is 6.04. The number of fused-ring (bicyclic) bond motifs is 1. The molecule has 0 aliphatic rings. The molecule has 1 aromatic heterocycles. The summed E-state index contributed by atoms with van der Waals surface area (Å²) < 4.78 is 0. The Kier molecular flexibility index (Phi) is 8.37. The molecule has 137 valence electrons. The summed E-state index contributed by atoms with van der Waals surface area (Å²) in [5, 5.41) is 9.54. The summed E-state index contributed by atoms with van der Waals surface area (Å²) in [6.07, 6.45) is 1.17. The largest absolute Gasteiger partial charge is 0.512 e. The molecule has 0 atom stereocenters. The molecule has 2 aromatic carbocycles. The average molecular weight is 525 g/mol. The minimum atomic E-state index is -0.125. The molecule has 1 radical (unpaired) electrons. The van der Waals surface area contributed by atoms with Gasteiger partial charge in [0.2, 0.25) is 0 Å². The maximum absolute atomic E-state index is 10.0. The van der Waals surface area contributed by atoms with Gasteiger partial charge < -0.3 is 5.11 Å². The molecule has 0 unspecified atom stereocenters. The Morgan fingerprint density at radius 2 is 1.77 bits per heavy atom. The molecule has 0 aliphatic heterocycles. The molecule has 0 saturated heterocycles. The number of hydrogen-bond acceptors (Lipinski definition) is 3. The number of allylic oxidation sites excluding steroid dienone is 2. The van der Waals surface area contributed by atoms with Crippen LogP contribution in [0.4, 0.5) is 0 Å². The smallest absolute Gasteiger partial charge is 0.155 e. The monoisotopic (exact) mass is 525 g/mol. The summed E-state index contributed by atoms with van der Waals surface area (Å²) in [6, 6.07) is 20.0. The minimum absolute atomic E-state index is 0. The van der Waals surface area contributed by atoms with Crippen LogP contribution in [-0.4, -0.2) is 15.9 Å². The van der Waals surface area contributed by atoms with Crippen LogP contribution in [0.5, 0.6) is 0 Å². The van der Waals surface area contributed by atoms with Crippen LogP contribution in [0.3, 0.4) is 0 Å². The number of benzene rings is 2.